The van der Waals surface area contributed by atoms with Crippen molar-refractivity contribution in [3.8, 4) is 0 Å². The molecule has 0 saturated heterocycles. The number of furan rings is 2. The van der Waals surface area contributed by atoms with Gasteiger partial charge in [0.1, 0.15) is 17.4 Å². The van der Waals surface area contributed by atoms with Crippen molar-refractivity contribution in [1.29, 1.82) is 0 Å². The van der Waals surface area contributed by atoms with E-state index in [9.17, 15) is 0 Å². The Morgan fingerprint density at radius 3 is 1.10 bits per heavy atom. The molecule has 4 aliphatic rings. The van der Waals surface area contributed by atoms with Crippen molar-refractivity contribution < 1.29 is 8.83 Å². The lowest BCUT2D eigenvalue weighted by Crippen LogP contribution is -2.61. The molecule has 10 aromatic carbocycles. The highest BCUT2D eigenvalue weighted by Crippen LogP contribution is 2.57. The molecule has 0 bridgehead atoms. The summed E-state index contributed by atoms with van der Waals surface area (Å²) in [5.41, 5.74) is 41.3. The third kappa shape index (κ3) is 19.0. The van der Waals surface area contributed by atoms with E-state index in [2.05, 4.69) is 506 Å². The first-order chi connectivity index (χ1) is 58.4. The summed E-state index contributed by atoms with van der Waals surface area (Å²) in [5, 5.41) is 2.35. The highest BCUT2D eigenvalue weighted by Gasteiger charge is 2.50. The molecule has 4 radical (unpaired) electrons. The molecule has 2 aliphatic heterocycles. The minimum atomic E-state index is -0.137. The molecule has 0 fully saturated rings. The lowest BCUT2D eigenvalue weighted by atomic mass is 9.35. The molecule has 672 valence electrons. The van der Waals surface area contributed by atoms with Crippen LogP contribution in [0.5, 0.6) is 0 Å². The maximum absolute atomic E-state index is 7.56. The van der Waals surface area contributed by atoms with Crippen molar-refractivity contribution in [3.05, 3.63) is 265 Å². The van der Waals surface area contributed by atoms with Crippen molar-refractivity contribution in [1.82, 2.24) is 0 Å². The van der Waals surface area contributed by atoms with E-state index >= 15 is 0 Å². The van der Waals surface area contributed by atoms with Gasteiger partial charge >= 0.3 is 0.282 Å². The van der Waals surface area contributed by atoms with Crippen LogP contribution in [-0.2, 0) is 65.0 Å². The number of halogens is 3. The fraction of sp³-hybridized carbons (Fsp3) is 0.448. The third-order valence-corrected chi connectivity index (χ3v) is 28.6. The van der Waals surface area contributed by atoms with Crippen molar-refractivity contribution in [2.24, 2.45) is 0 Å². The number of hydrogen-bond donors (Lipinski definition) is 0. The van der Waals surface area contributed by atoms with E-state index in [4.69, 9.17) is 8.83 Å². The number of anilines is 12. The van der Waals surface area contributed by atoms with Crippen LogP contribution in [0, 0.1) is 27.7 Å². The summed E-state index contributed by atoms with van der Waals surface area (Å²) in [6.45, 7) is 84.1. The minimum Gasteiger partial charge on any atom is -1.00 e. The Bertz CT molecular complexity index is 6170. The van der Waals surface area contributed by atoms with Crippen LogP contribution >= 0.6 is 67.1 Å². The molecule has 2 aliphatic carbocycles. The van der Waals surface area contributed by atoms with Crippen LogP contribution in [0.4, 0.5) is 68.2 Å². The van der Waals surface area contributed by atoms with E-state index in [1.807, 2.05) is 6.26 Å². The van der Waals surface area contributed by atoms with E-state index in [1.165, 1.54) is 139 Å². The maximum atomic E-state index is 7.56. The molecule has 12 aromatic rings. The van der Waals surface area contributed by atoms with Gasteiger partial charge in [0, 0.05) is 56.3 Å². The number of nitrogens with zero attached hydrogens (tertiary/aromatic N) is 4. The summed E-state index contributed by atoms with van der Waals surface area (Å²) < 4.78 is 15.0. The second kappa shape index (κ2) is 34.1. The molecular formula is C116H145B3I3N4O2-. The Balaban J connectivity index is 0.000000208. The molecule has 0 saturated carbocycles. The summed E-state index contributed by atoms with van der Waals surface area (Å²) in [4.78, 5) is 10.2. The van der Waals surface area contributed by atoms with Gasteiger partial charge in [-0.25, -0.2) is 0 Å². The van der Waals surface area contributed by atoms with Crippen LogP contribution in [0.15, 0.2) is 185 Å². The van der Waals surface area contributed by atoms with Crippen molar-refractivity contribution in [3.63, 3.8) is 0 Å². The summed E-state index contributed by atoms with van der Waals surface area (Å²) in [7, 11) is 0. The molecule has 2 aromatic heterocycles. The SMILES string of the molecule is Cc1cc(C(C)(C)C)cc(C)c1N(c1ccc(C(C)(C)C)cc1)c1cc(N(c2ccc(C(C)(C)C)cc2)c2coc3cc4c(cc23)C(C)(C)CCC4(C)C)cc(C(C)(C)C)c1.Cc1cc(C(C)(C)C)cc(C)c1N1c2ccc(C(C)(C)C)cc2B2c3oc4cc5c(cc4c3N(c3ccc(C(C)(C)C)cc3)c3cc(C(C)(C)C)cc1c32)C(C)(C)CCC5(C)C.IB(I)I.[B-]. The van der Waals surface area contributed by atoms with E-state index in [-0.39, 0.29) is 80.1 Å². The van der Waals surface area contributed by atoms with E-state index in [1.54, 1.807) is 0 Å². The second-order valence-electron chi connectivity index (χ2n) is 48.8. The molecule has 0 spiro atoms. The molecule has 0 unspecified atom stereocenters. The van der Waals surface area contributed by atoms with Gasteiger partial charge in [-0.3, -0.25) is 0 Å². The fourth-order valence-corrected chi connectivity index (χ4v) is 20.1. The van der Waals surface area contributed by atoms with Crippen molar-refractivity contribution >= 4 is 189 Å². The molecule has 0 N–H and O–H groups in total. The highest BCUT2D eigenvalue weighted by molar-refractivity contribution is 14.4. The van der Waals surface area contributed by atoms with Gasteiger partial charge in [-0.1, -0.05) is 294 Å². The summed E-state index contributed by atoms with van der Waals surface area (Å²) >= 11 is 6.95. The topological polar surface area (TPSA) is 39.2 Å². The number of aryl methyl sites for hydroxylation is 4. The average Bonchev–Trinajstić information content (AvgIpc) is 1.39. The summed E-state index contributed by atoms with van der Waals surface area (Å²) in [5.74, 6) is 0. The van der Waals surface area contributed by atoms with Gasteiger partial charge in [0.25, 0.3) is 6.71 Å². The van der Waals surface area contributed by atoms with E-state index in [0.717, 1.165) is 82.3 Å². The lowest BCUT2D eigenvalue weighted by Gasteiger charge is -2.44. The normalized spacial score (nSPS) is 15.8. The van der Waals surface area contributed by atoms with Crippen LogP contribution in [-0.4, -0.2) is 15.4 Å². The smallest absolute Gasteiger partial charge is 0.355 e. The van der Waals surface area contributed by atoms with Crippen molar-refractivity contribution in [2.45, 2.75) is 340 Å². The average molecular weight is 2040 g/mol. The lowest BCUT2D eigenvalue weighted by molar-refractivity contribution is 0.332. The van der Waals surface area contributed by atoms with Gasteiger partial charge in [-0.2, -0.15) is 0 Å². The van der Waals surface area contributed by atoms with Gasteiger partial charge in [0.05, 0.1) is 28.4 Å². The minimum absolute atomic E-state index is 0. The Morgan fingerprint density at radius 1 is 0.336 bits per heavy atom. The van der Waals surface area contributed by atoms with Crippen LogP contribution in [0.2, 0.25) is 0 Å². The zero-order valence-electron chi connectivity index (χ0n) is 84.5. The highest BCUT2D eigenvalue weighted by atomic mass is 127. The number of hydrogen-bond acceptors (Lipinski definition) is 6. The van der Waals surface area contributed by atoms with Crippen LogP contribution in [0.1, 0.15) is 336 Å². The largest absolute Gasteiger partial charge is 1.00 e. The molecule has 12 heteroatoms. The van der Waals surface area contributed by atoms with Gasteiger partial charge in [-0.15, -0.1) is 67.1 Å². The Hall–Kier alpha value is -7.14. The molecule has 0 atom stereocenters. The standard InChI is InChI=1S/C58H71BN2O.C58H74N2O.BI3.B/c1-34-27-38(55(9,10)11)28-35(2)50(34)61-45-24-21-37(54(6,7)8)29-44(45)59-49-46(30-39(31-47(49)61)56(12,13)14)60(40-22-19-36(20-23-40)53(3,4)5)51-41-32-42-43(33-48(41)62-52(51)59)58(17,18)26-25-57(42,15)16;1-37-29-41(55(9,10)11)30-38(2)52(37)60(44-25-21-40(22-26-44)54(6,7)8)46-32-42(56(12,13)14)31-45(33-46)59(43-23-19-39(20-24-43)53(3,4)5)50-36-61-51-35-49-48(34-47(50)51)57(15,16)27-28-58(49,17)18;2-1(3)4;/h19-24,27-33H,25-26H2,1-18H3;19-26,29-36H,27-28H2,1-18H3;;/q;;;-1. The first-order valence-corrected chi connectivity index (χ1v) is 50.4. The molecule has 0 amide bonds. The zero-order valence-corrected chi connectivity index (χ0v) is 91.0. The van der Waals surface area contributed by atoms with Crippen LogP contribution < -0.4 is 36.2 Å². The maximum Gasteiger partial charge on any atom is 0.355 e. The molecule has 128 heavy (non-hydrogen) atoms. The zero-order chi connectivity index (χ0) is 93.4. The van der Waals surface area contributed by atoms with E-state index in [0.29, 0.717) is 0 Å². The summed E-state index contributed by atoms with van der Waals surface area (Å²) in [6, 6.07) is 66.9. The molecular weight excluding hydrogens is 1890 g/mol. The Kier molecular flexibility index (Phi) is 26.2. The second-order valence-corrected chi connectivity index (χ2v) is 59.7. The first kappa shape index (κ1) is 98.4. The monoisotopic (exact) mass is 2040 g/mol. The Morgan fingerprint density at radius 2 is 0.680 bits per heavy atom. The quantitative estimate of drug-likeness (QED) is 0.112. The van der Waals surface area contributed by atoms with Crippen molar-refractivity contribution in [2.75, 3.05) is 19.6 Å². The predicted molar refractivity (Wildman–Crippen MR) is 589 cm³/mol. The first-order valence-electron chi connectivity index (χ1n) is 46.7. The van der Waals surface area contributed by atoms with Gasteiger partial charge in [-0.05, 0) is 315 Å². The van der Waals surface area contributed by atoms with Crippen LogP contribution in [0.3, 0.4) is 0 Å². The number of rotatable bonds is 8. The predicted octanol–water partition coefficient (Wildman–Crippen LogP) is 34.1. The Labute approximate surface area is 815 Å². The summed E-state index contributed by atoms with van der Waals surface area (Å²) in [6.07, 6.45) is 6.64. The van der Waals surface area contributed by atoms with Gasteiger partial charge in [0.15, 0.2) is 0 Å². The number of fused-ring (bicyclic) bond motifs is 9. The number of benzene rings is 10. The fourth-order valence-electron chi connectivity index (χ4n) is 20.1. The molecule has 4 heterocycles. The molecule has 6 nitrogen and oxygen atoms in total. The van der Waals surface area contributed by atoms with Gasteiger partial charge < -0.3 is 36.8 Å². The third-order valence-electron chi connectivity index (χ3n) is 28.6. The van der Waals surface area contributed by atoms with Crippen LogP contribution in [0.25, 0.3) is 21.9 Å². The van der Waals surface area contributed by atoms with Gasteiger partial charge in [0.2, 0.25) is 0 Å². The van der Waals surface area contributed by atoms with E-state index < -0.39 is 0 Å². The molecule has 16 rings (SSSR count).